The fourth-order valence-electron chi connectivity index (χ4n) is 3.38. The van der Waals surface area contributed by atoms with Gasteiger partial charge in [0, 0.05) is 30.5 Å². The first-order chi connectivity index (χ1) is 14.8. The quantitative estimate of drug-likeness (QED) is 0.614. The van der Waals surface area contributed by atoms with Crippen LogP contribution in [0, 0.1) is 25.2 Å². The zero-order valence-electron chi connectivity index (χ0n) is 17.8. The average Bonchev–Trinajstić information content (AvgIpc) is 3.03. The summed E-state index contributed by atoms with van der Waals surface area (Å²) in [7, 11) is 0. The minimum absolute atomic E-state index is 0.178. The molecule has 1 aromatic carbocycles. The van der Waals surface area contributed by atoms with Crippen molar-refractivity contribution in [1.82, 2.24) is 24.2 Å². The van der Waals surface area contributed by atoms with Crippen LogP contribution in [0.3, 0.4) is 0 Å². The van der Waals surface area contributed by atoms with Gasteiger partial charge in [0.1, 0.15) is 18.2 Å². The lowest BCUT2D eigenvalue weighted by atomic mass is 10.2. The number of aryl methyl sites for hydroxylation is 2. The Morgan fingerprint density at radius 3 is 2.55 bits per heavy atom. The second kappa shape index (κ2) is 9.26. The SMILES string of the molecule is CCn1cc(C#N)c(=O)n(CC(=O)NCc2c(C)nn(Cc3ccccc3)c2C)c1=O. The summed E-state index contributed by atoms with van der Waals surface area (Å²) in [5.74, 6) is -0.494. The van der Waals surface area contributed by atoms with Gasteiger partial charge in [-0.05, 0) is 26.3 Å². The van der Waals surface area contributed by atoms with E-state index in [1.165, 1.54) is 10.8 Å². The monoisotopic (exact) mass is 420 g/mol. The Bertz CT molecular complexity index is 1260. The number of nitrogens with one attached hydrogen (secondary N) is 1. The Morgan fingerprint density at radius 1 is 1.19 bits per heavy atom. The molecule has 2 aromatic heterocycles. The minimum atomic E-state index is -0.768. The molecular weight excluding hydrogens is 396 g/mol. The zero-order valence-corrected chi connectivity index (χ0v) is 17.8. The lowest BCUT2D eigenvalue weighted by Crippen LogP contribution is -2.44. The molecule has 0 radical (unpaired) electrons. The van der Waals surface area contributed by atoms with Gasteiger partial charge in [-0.2, -0.15) is 10.4 Å². The maximum atomic E-state index is 12.5. The van der Waals surface area contributed by atoms with Crippen molar-refractivity contribution in [2.45, 2.75) is 47.0 Å². The standard InChI is InChI=1S/C22H24N6O3/c1-4-26-13-18(10-23)21(30)27(22(26)31)14-20(29)24-11-19-15(2)25-28(16(19)3)12-17-8-6-5-7-9-17/h5-9,13H,4,11-12,14H2,1-3H3,(H,24,29). The Kier molecular flexibility index (Phi) is 6.50. The van der Waals surface area contributed by atoms with E-state index in [0.29, 0.717) is 6.54 Å². The van der Waals surface area contributed by atoms with Crippen molar-refractivity contribution < 1.29 is 4.79 Å². The highest BCUT2D eigenvalue weighted by Crippen LogP contribution is 2.14. The van der Waals surface area contributed by atoms with Crippen LogP contribution < -0.4 is 16.6 Å². The number of hydrogen-bond acceptors (Lipinski definition) is 5. The van der Waals surface area contributed by atoms with Gasteiger partial charge in [0.2, 0.25) is 5.91 Å². The van der Waals surface area contributed by atoms with E-state index in [1.807, 2.05) is 48.9 Å². The summed E-state index contributed by atoms with van der Waals surface area (Å²) in [6, 6.07) is 11.7. The summed E-state index contributed by atoms with van der Waals surface area (Å²) in [5, 5.41) is 16.4. The number of nitrogens with zero attached hydrogens (tertiary/aromatic N) is 5. The molecule has 2 heterocycles. The molecule has 0 saturated heterocycles. The maximum Gasteiger partial charge on any atom is 0.331 e. The fraction of sp³-hybridized carbons (Fsp3) is 0.318. The van der Waals surface area contributed by atoms with Crippen LogP contribution in [-0.4, -0.2) is 24.8 Å². The van der Waals surface area contributed by atoms with Gasteiger partial charge in [-0.15, -0.1) is 0 Å². The van der Waals surface area contributed by atoms with Gasteiger partial charge in [0.15, 0.2) is 0 Å². The number of amides is 1. The maximum absolute atomic E-state index is 12.5. The highest BCUT2D eigenvalue weighted by molar-refractivity contribution is 5.75. The number of carbonyl (C=O) groups excluding carboxylic acids is 1. The molecule has 1 amide bonds. The van der Waals surface area contributed by atoms with Crippen LogP contribution in [0.25, 0.3) is 0 Å². The Morgan fingerprint density at radius 2 is 1.90 bits per heavy atom. The molecule has 31 heavy (non-hydrogen) atoms. The molecule has 9 heteroatoms. The second-order valence-corrected chi connectivity index (χ2v) is 7.18. The van der Waals surface area contributed by atoms with E-state index in [-0.39, 0.29) is 18.7 Å². The van der Waals surface area contributed by atoms with Gasteiger partial charge in [-0.25, -0.2) is 9.36 Å². The molecular formula is C22H24N6O3. The van der Waals surface area contributed by atoms with Crippen molar-refractivity contribution >= 4 is 5.91 Å². The van der Waals surface area contributed by atoms with Crippen molar-refractivity contribution in [3.05, 3.63) is 85.4 Å². The van der Waals surface area contributed by atoms with Crippen LogP contribution in [0.4, 0.5) is 0 Å². The summed E-state index contributed by atoms with van der Waals surface area (Å²) >= 11 is 0. The molecule has 160 valence electrons. The lowest BCUT2D eigenvalue weighted by Gasteiger charge is -2.10. The lowest BCUT2D eigenvalue weighted by molar-refractivity contribution is -0.121. The average molecular weight is 420 g/mol. The summed E-state index contributed by atoms with van der Waals surface area (Å²) in [6.07, 6.45) is 1.22. The Balaban J connectivity index is 1.75. The first-order valence-electron chi connectivity index (χ1n) is 9.93. The van der Waals surface area contributed by atoms with Crippen molar-refractivity contribution in [3.63, 3.8) is 0 Å². The summed E-state index contributed by atoms with van der Waals surface area (Å²) in [5.41, 5.74) is 2.16. The number of carbonyl (C=O) groups is 1. The van der Waals surface area contributed by atoms with Crippen LogP contribution in [0.15, 0.2) is 46.1 Å². The molecule has 3 aromatic rings. The van der Waals surface area contributed by atoms with Crippen LogP contribution in [-0.2, 0) is 31.0 Å². The smallest absolute Gasteiger partial charge is 0.331 e. The van der Waals surface area contributed by atoms with Gasteiger partial charge in [-0.3, -0.25) is 18.8 Å². The molecule has 0 aliphatic rings. The van der Waals surface area contributed by atoms with E-state index in [9.17, 15) is 14.4 Å². The van der Waals surface area contributed by atoms with Crippen LogP contribution in [0.1, 0.15) is 35.0 Å². The van der Waals surface area contributed by atoms with Crippen molar-refractivity contribution in [2.24, 2.45) is 0 Å². The molecule has 0 saturated carbocycles. The van der Waals surface area contributed by atoms with Gasteiger partial charge in [0.25, 0.3) is 5.56 Å². The largest absolute Gasteiger partial charge is 0.350 e. The normalized spacial score (nSPS) is 10.6. The number of nitriles is 1. The predicted molar refractivity (Wildman–Crippen MR) is 114 cm³/mol. The van der Waals surface area contributed by atoms with E-state index < -0.39 is 23.7 Å². The number of benzene rings is 1. The van der Waals surface area contributed by atoms with E-state index >= 15 is 0 Å². The molecule has 0 bridgehead atoms. The van der Waals surface area contributed by atoms with E-state index in [4.69, 9.17) is 5.26 Å². The van der Waals surface area contributed by atoms with Gasteiger partial charge in [-0.1, -0.05) is 30.3 Å². The molecule has 0 fully saturated rings. The third kappa shape index (κ3) is 4.64. The first-order valence-corrected chi connectivity index (χ1v) is 9.93. The van der Waals surface area contributed by atoms with E-state index in [2.05, 4.69) is 10.4 Å². The minimum Gasteiger partial charge on any atom is -0.350 e. The molecule has 0 aliphatic heterocycles. The summed E-state index contributed by atoms with van der Waals surface area (Å²) in [4.78, 5) is 37.2. The van der Waals surface area contributed by atoms with Crippen LogP contribution in [0.5, 0.6) is 0 Å². The predicted octanol–water partition coefficient (Wildman–Crippen LogP) is 1.08. The second-order valence-electron chi connectivity index (χ2n) is 7.18. The van der Waals surface area contributed by atoms with Gasteiger partial charge < -0.3 is 5.32 Å². The van der Waals surface area contributed by atoms with Crippen LogP contribution >= 0.6 is 0 Å². The third-order valence-electron chi connectivity index (χ3n) is 5.17. The number of rotatable bonds is 7. The summed E-state index contributed by atoms with van der Waals surface area (Å²) < 4.78 is 3.90. The zero-order chi connectivity index (χ0) is 22.5. The number of hydrogen-bond donors (Lipinski definition) is 1. The first kappa shape index (κ1) is 21.8. The highest BCUT2D eigenvalue weighted by Gasteiger charge is 2.16. The molecule has 0 atom stereocenters. The summed E-state index contributed by atoms with van der Waals surface area (Å²) in [6.45, 7) is 6.20. The van der Waals surface area contributed by atoms with Gasteiger partial charge >= 0.3 is 5.69 Å². The van der Waals surface area contributed by atoms with Crippen LogP contribution in [0.2, 0.25) is 0 Å². The molecule has 0 aliphatic carbocycles. The molecule has 0 unspecified atom stereocenters. The Hall–Kier alpha value is -3.93. The van der Waals surface area contributed by atoms with Crippen molar-refractivity contribution in [2.75, 3.05) is 0 Å². The highest BCUT2D eigenvalue weighted by atomic mass is 16.2. The molecule has 0 spiro atoms. The molecule has 9 nitrogen and oxygen atoms in total. The van der Waals surface area contributed by atoms with Gasteiger partial charge in [0.05, 0.1) is 12.2 Å². The third-order valence-corrected chi connectivity index (χ3v) is 5.17. The fourth-order valence-corrected chi connectivity index (χ4v) is 3.38. The van der Waals surface area contributed by atoms with E-state index in [0.717, 1.165) is 27.1 Å². The topological polar surface area (TPSA) is 115 Å². The van der Waals surface area contributed by atoms with Crippen molar-refractivity contribution in [3.8, 4) is 6.07 Å². The van der Waals surface area contributed by atoms with E-state index in [1.54, 1.807) is 13.0 Å². The Labute approximate surface area is 179 Å². The molecule has 1 N–H and O–H groups in total. The molecule has 3 rings (SSSR count). The number of aromatic nitrogens is 4. The van der Waals surface area contributed by atoms with Crippen molar-refractivity contribution in [1.29, 1.82) is 5.26 Å².